The van der Waals surface area contributed by atoms with Crippen LogP contribution in [-0.4, -0.2) is 51.3 Å². The summed E-state index contributed by atoms with van der Waals surface area (Å²) in [5.41, 5.74) is 3.18. The number of carbonyl (C=O) groups is 2. The van der Waals surface area contributed by atoms with E-state index in [1.54, 1.807) is 24.5 Å². The molecule has 7 nitrogen and oxygen atoms in total. The van der Waals surface area contributed by atoms with Gasteiger partial charge >= 0.3 is 0 Å². The van der Waals surface area contributed by atoms with E-state index < -0.39 is 0 Å². The zero-order valence-corrected chi connectivity index (χ0v) is 17.4. The second-order valence-electron chi connectivity index (χ2n) is 7.59. The van der Waals surface area contributed by atoms with E-state index in [4.69, 9.17) is 9.97 Å². The van der Waals surface area contributed by atoms with Gasteiger partial charge in [-0.05, 0) is 45.2 Å². The van der Waals surface area contributed by atoms with Gasteiger partial charge in [0.25, 0.3) is 5.91 Å². The Morgan fingerprint density at radius 3 is 2.66 bits per heavy atom. The van der Waals surface area contributed by atoms with Crippen LogP contribution < -0.4 is 5.32 Å². The van der Waals surface area contributed by atoms with Crippen molar-refractivity contribution in [1.82, 2.24) is 25.2 Å². The monoisotopic (exact) mass is 395 g/mol. The third-order valence-corrected chi connectivity index (χ3v) is 5.33. The molecule has 3 heterocycles. The van der Waals surface area contributed by atoms with Crippen molar-refractivity contribution in [3.63, 3.8) is 0 Å². The maximum absolute atomic E-state index is 12.8. The Hall–Kier alpha value is -2.83. The fourth-order valence-electron chi connectivity index (χ4n) is 3.74. The number of aromatic nitrogens is 3. The van der Waals surface area contributed by atoms with Gasteiger partial charge in [0.15, 0.2) is 0 Å². The minimum absolute atomic E-state index is 0.000286. The molecule has 0 aromatic carbocycles. The van der Waals surface area contributed by atoms with Crippen molar-refractivity contribution in [3.8, 4) is 0 Å². The lowest BCUT2D eigenvalue weighted by Gasteiger charge is -2.32. The quantitative estimate of drug-likeness (QED) is 0.812. The zero-order valence-electron chi connectivity index (χ0n) is 17.4. The average molecular weight is 396 g/mol. The predicted molar refractivity (Wildman–Crippen MR) is 111 cm³/mol. The normalized spacial score (nSPS) is 16.5. The number of hydrogen-bond donors (Lipinski definition) is 1. The summed E-state index contributed by atoms with van der Waals surface area (Å²) in [6.45, 7) is 7.91. The van der Waals surface area contributed by atoms with Crippen LogP contribution in [0.3, 0.4) is 0 Å². The molecular formula is C22H29N5O2. The Labute approximate surface area is 172 Å². The number of amides is 2. The first-order chi connectivity index (χ1) is 14.0. The van der Waals surface area contributed by atoms with Crippen molar-refractivity contribution >= 4 is 11.8 Å². The average Bonchev–Trinajstić information content (AvgIpc) is 2.74. The number of hydrogen-bond acceptors (Lipinski definition) is 5. The molecule has 3 rings (SSSR count). The lowest BCUT2D eigenvalue weighted by molar-refractivity contribution is -0.120. The van der Waals surface area contributed by atoms with Gasteiger partial charge in [-0.3, -0.25) is 14.6 Å². The highest BCUT2D eigenvalue weighted by atomic mass is 16.2. The fraction of sp³-hybridized carbons (Fsp3) is 0.500. The van der Waals surface area contributed by atoms with Crippen LogP contribution in [0.5, 0.6) is 0 Å². The van der Waals surface area contributed by atoms with E-state index in [9.17, 15) is 9.59 Å². The molecule has 0 radical (unpaired) electrons. The van der Waals surface area contributed by atoms with E-state index in [2.05, 4.69) is 10.3 Å². The first-order valence-corrected chi connectivity index (χ1v) is 10.3. The Bertz CT molecular complexity index is 846. The van der Waals surface area contributed by atoms with E-state index in [0.29, 0.717) is 25.1 Å². The highest BCUT2D eigenvalue weighted by molar-refractivity contribution is 5.94. The molecule has 1 N–H and O–H groups in total. The first kappa shape index (κ1) is 20.9. The van der Waals surface area contributed by atoms with Crippen molar-refractivity contribution in [2.24, 2.45) is 0 Å². The summed E-state index contributed by atoms with van der Waals surface area (Å²) in [5, 5.41) is 2.90. The van der Waals surface area contributed by atoms with Crippen molar-refractivity contribution < 1.29 is 9.59 Å². The third kappa shape index (κ3) is 5.16. The summed E-state index contributed by atoms with van der Waals surface area (Å²) in [4.78, 5) is 40.2. The molecule has 1 fully saturated rings. The fourth-order valence-corrected chi connectivity index (χ4v) is 3.74. The minimum atomic E-state index is 0.000286. The molecule has 7 heteroatoms. The largest absolute Gasteiger partial charge is 0.356 e. The summed E-state index contributed by atoms with van der Waals surface area (Å²) in [5.74, 6) is 0.868. The molecule has 0 aliphatic carbocycles. The van der Waals surface area contributed by atoms with Gasteiger partial charge in [0.1, 0.15) is 5.82 Å². The third-order valence-electron chi connectivity index (χ3n) is 5.33. The molecule has 154 valence electrons. The van der Waals surface area contributed by atoms with E-state index in [1.165, 1.54) is 0 Å². The number of carbonyl (C=O) groups excluding carboxylic acids is 2. The van der Waals surface area contributed by atoms with Crippen LogP contribution >= 0.6 is 0 Å². The molecule has 1 aliphatic heterocycles. The van der Waals surface area contributed by atoms with Crippen LogP contribution in [0.4, 0.5) is 0 Å². The van der Waals surface area contributed by atoms with Gasteiger partial charge in [0.2, 0.25) is 5.91 Å². The van der Waals surface area contributed by atoms with E-state index in [-0.39, 0.29) is 17.7 Å². The van der Waals surface area contributed by atoms with Crippen LogP contribution in [0.2, 0.25) is 0 Å². The van der Waals surface area contributed by atoms with Crippen molar-refractivity contribution in [1.29, 1.82) is 0 Å². The zero-order chi connectivity index (χ0) is 20.8. The Morgan fingerprint density at radius 2 is 2.00 bits per heavy atom. The highest BCUT2D eigenvalue weighted by Crippen LogP contribution is 2.27. The SMILES string of the molecule is CCCNC(=O)Cc1c(C)nc(C2CCCN(C(=O)c3cccnc3)C2)nc1C. The van der Waals surface area contributed by atoms with Crippen LogP contribution in [0.15, 0.2) is 24.5 Å². The van der Waals surface area contributed by atoms with E-state index in [0.717, 1.165) is 48.6 Å². The molecule has 1 saturated heterocycles. The lowest BCUT2D eigenvalue weighted by Crippen LogP contribution is -2.39. The maximum atomic E-state index is 12.8. The number of piperidine rings is 1. The van der Waals surface area contributed by atoms with Crippen LogP contribution in [0, 0.1) is 13.8 Å². The molecule has 0 spiro atoms. The number of nitrogens with one attached hydrogen (secondary N) is 1. The second-order valence-corrected chi connectivity index (χ2v) is 7.59. The Balaban J connectivity index is 1.73. The van der Waals surface area contributed by atoms with Crippen molar-refractivity contribution in [3.05, 3.63) is 52.9 Å². The predicted octanol–water partition coefficient (Wildman–Crippen LogP) is 2.58. The molecule has 1 aliphatic rings. The molecular weight excluding hydrogens is 366 g/mol. The van der Waals surface area contributed by atoms with Gasteiger partial charge in [0, 0.05) is 54.9 Å². The standard InChI is InChI=1S/C22H29N5O2/c1-4-9-24-20(28)12-19-15(2)25-21(26-16(19)3)18-8-6-11-27(14-18)22(29)17-7-5-10-23-13-17/h5,7,10,13,18H,4,6,8-9,11-12,14H2,1-3H3,(H,24,28). The molecule has 29 heavy (non-hydrogen) atoms. The Morgan fingerprint density at radius 1 is 1.24 bits per heavy atom. The molecule has 1 unspecified atom stereocenters. The molecule has 2 aromatic heterocycles. The summed E-state index contributed by atoms with van der Waals surface area (Å²) in [6, 6.07) is 3.57. The molecule has 2 amide bonds. The van der Waals surface area contributed by atoms with Gasteiger partial charge in [-0.2, -0.15) is 0 Å². The molecule has 0 bridgehead atoms. The smallest absolute Gasteiger partial charge is 0.255 e. The van der Waals surface area contributed by atoms with Crippen LogP contribution in [0.25, 0.3) is 0 Å². The van der Waals surface area contributed by atoms with Gasteiger partial charge in [-0.1, -0.05) is 6.92 Å². The molecule has 1 atom stereocenters. The minimum Gasteiger partial charge on any atom is -0.356 e. The topological polar surface area (TPSA) is 88.1 Å². The van der Waals surface area contributed by atoms with Crippen LogP contribution in [0.1, 0.15) is 65.2 Å². The number of nitrogens with zero attached hydrogens (tertiary/aromatic N) is 4. The van der Waals surface area contributed by atoms with Gasteiger partial charge in [0.05, 0.1) is 12.0 Å². The molecule has 2 aromatic rings. The van der Waals surface area contributed by atoms with Crippen molar-refractivity contribution in [2.75, 3.05) is 19.6 Å². The van der Waals surface area contributed by atoms with Gasteiger partial charge < -0.3 is 10.2 Å². The maximum Gasteiger partial charge on any atom is 0.255 e. The summed E-state index contributed by atoms with van der Waals surface area (Å²) >= 11 is 0. The number of rotatable bonds is 6. The lowest BCUT2D eigenvalue weighted by atomic mass is 9.95. The first-order valence-electron chi connectivity index (χ1n) is 10.3. The Kier molecular flexibility index (Phi) is 6.90. The summed E-state index contributed by atoms with van der Waals surface area (Å²) in [7, 11) is 0. The second kappa shape index (κ2) is 9.58. The van der Waals surface area contributed by atoms with E-state index in [1.807, 2.05) is 25.7 Å². The molecule has 0 saturated carbocycles. The summed E-state index contributed by atoms with van der Waals surface area (Å²) in [6.07, 6.45) is 6.35. The number of aryl methyl sites for hydroxylation is 2. The highest BCUT2D eigenvalue weighted by Gasteiger charge is 2.28. The van der Waals surface area contributed by atoms with Gasteiger partial charge in [-0.25, -0.2) is 9.97 Å². The van der Waals surface area contributed by atoms with E-state index >= 15 is 0 Å². The van der Waals surface area contributed by atoms with Crippen molar-refractivity contribution in [2.45, 2.75) is 52.4 Å². The number of pyridine rings is 1. The van der Waals surface area contributed by atoms with Gasteiger partial charge in [-0.15, -0.1) is 0 Å². The summed E-state index contributed by atoms with van der Waals surface area (Å²) < 4.78 is 0. The number of likely N-dealkylation sites (tertiary alicyclic amines) is 1. The van der Waals surface area contributed by atoms with Crippen LogP contribution in [-0.2, 0) is 11.2 Å².